The first-order valence-corrected chi connectivity index (χ1v) is 19.1. The van der Waals surface area contributed by atoms with Crippen LogP contribution in [0.15, 0.2) is 61.2 Å². The lowest BCUT2D eigenvalue weighted by atomic mass is 10.0. The maximum Gasteiger partial charge on any atom is 0.255 e. The van der Waals surface area contributed by atoms with Gasteiger partial charge in [0.15, 0.2) is 0 Å². The van der Waals surface area contributed by atoms with Gasteiger partial charge < -0.3 is 34.2 Å². The fourth-order valence-corrected chi connectivity index (χ4v) is 7.69. The highest BCUT2D eigenvalue weighted by Crippen LogP contribution is 2.32. The summed E-state index contributed by atoms with van der Waals surface area (Å²) in [6, 6.07) is 13.6. The number of pyridine rings is 2. The number of halogens is 1. The van der Waals surface area contributed by atoms with Gasteiger partial charge in [0.1, 0.15) is 6.07 Å². The molecule has 0 aliphatic carbocycles. The molecule has 284 valence electrons. The molecule has 0 saturated carbocycles. The lowest BCUT2D eigenvalue weighted by molar-refractivity contribution is -0.120. The zero-order valence-corrected chi connectivity index (χ0v) is 31.7. The number of nitriles is 1. The number of benzene rings is 1. The van der Waals surface area contributed by atoms with Gasteiger partial charge in [0.25, 0.3) is 5.91 Å². The molecule has 2 fully saturated rings. The minimum atomic E-state index is -0.111. The van der Waals surface area contributed by atoms with Crippen molar-refractivity contribution in [3.8, 4) is 11.9 Å². The Bertz CT molecular complexity index is 1950. The Morgan fingerprint density at radius 3 is 2.61 bits per heavy atom. The van der Waals surface area contributed by atoms with E-state index in [0.717, 1.165) is 80.4 Å². The number of unbranched alkanes of at least 4 members (excludes halogenated alkanes) is 2. The maximum absolute atomic E-state index is 13.3. The second-order valence-electron chi connectivity index (χ2n) is 14.0. The average molecular weight is 754 g/mol. The fraction of sp³-hybridized carbons (Fsp3) is 0.450. The summed E-state index contributed by atoms with van der Waals surface area (Å²) in [5.74, 6) is 0.361. The van der Waals surface area contributed by atoms with Crippen molar-refractivity contribution in [1.82, 2.24) is 29.7 Å². The predicted molar refractivity (Wildman–Crippen MR) is 209 cm³/mol. The van der Waals surface area contributed by atoms with Crippen molar-refractivity contribution in [3.63, 3.8) is 0 Å². The van der Waals surface area contributed by atoms with E-state index < -0.39 is 0 Å². The van der Waals surface area contributed by atoms with E-state index >= 15 is 0 Å². The Morgan fingerprint density at radius 1 is 1.07 bits per heavy atom. The van der Waals surface area contributed by atoms with E-state index in [2.05, 4.69) is 48.8 Å². The van der Waals surface area contributed by atoms with Gasteiger partial charge in [-0.05, 0) is 75.9 Å². The Kier molecular flexibility index (Phi) is 13.0. The van der Waals surface area contributed by atoms with Crippen molar-refractivity contribution in [2.75, 3.05) is 69.3 Å². The molecule has 1 N–H and O–H groups in total. The van der Waals surface area contributed by atoms with E-state index in [1.54, 1.807) is 42.5 Å². The molecule has 3 amide bonds. The van der Waals surface area contributed by atoms with Gasteiger partial charge in [-0.2, -0.15) is 5.26 Å². The van der Waals surface area contributed by atoms with Crippen LogP contribution >= 0.6 is 11.6 Å². The standard InChI is InChI=1S/C40H48ClN9O4/c1-29-27-47(19-20-49(29)33-8-6-30(23-42)35(41)22-33)40(53)31-7-9-39(45-24-31)54-21-5-3-4-14-46-15-10-32(11-16-46)50-18-12-34-36(25-44-26-37(34)50)48(28-51)17-13-38(52)43-2/h6-9,12,18,22,24-26,28-29,32H,3-5,10-11,13-17,19-21,27H2,1-2H3,(H,43,52). The monoisotopic (exact) mass is 753 g/mol. The van der Waals surface area contributed by atoms with Crippen LogP contribution in [0, 0.1) is 11.3 Å². The van der Waals surface area contributed by atoms with E-state index in [0.29, 0.717) is 60.9 Å². The SMILES string of the molecule is CNC(=O)CCN(C=O)c1cncc2c1ccn2C1CCN(CCCCCOc2ccc(C(=O)N3CCN(c4ccc(C#N)c(Cl)c4)C(C)C3)cn2)CC1. The number of amides is 3. The Balaban J connectivity index is 0.883. The number of piperazine rings is 1. The van der Waals surface area contributed by atoms with E-state index in [9.17, 15) is 19.6 Å². The number of rotatable bonds is 15. The van der Waals surface area contributed by atoms with Gasteiger partial charge in [-0.15, -0.1) is 0 Å². The van der Waals surface area contributed by atoms with E-state index in [1.807, 2.05) is 29.3 Å². The summed E-state index contributed by atoms with van der Waals surface area (Å²) < 4.78 is 8.19. The number of hydrogen-bond donors (Lipinski definition) is 1. The molecule has 1 unspecified atom stereocenters. The molecule has 13 nitrogen and oxygen atoms in total. The predicted octanol–water partition coefficient (Wildman–Crippen LogP) is 5.29. The molecule has 4 aromatic rings. The molecular weight excluding hydrogens is 706 g/mol. The van der Waals surface area contributed by atoms with Crippen LogP contribution in [0.1, 0.15) is 67.4 Å². The number of hydrogen-bond acceptors (Lipinski definition) is 9. The highest BCUT2D eigenvalue weighted by atomic mass is 35.5. The Hall–Kier alpha value is -5.19. The molecule has 0 bridgehead atoms. The molecule has 2 saturated heterocycles. The van der Waals surface area contributed by atoms with Gasteiger partial charge in [0.2, 0.25) is 18.2 Å². The van der Waals surface area contributed by atoms with Gasteiger partial charge in [0.05, 0.1) is 46.4 Å². The van der Waals surface area contributed by atoms with Crippen molar-refractivity contribution in [1.29, 1.82) is 5.26 Å². The van der Waals surface area contributed by atoms with Crippen molar-refractivity contribution >= 4 is 52.1 Å². The highest BCUT2D eigenvalue weighted by Gasteiger charge is 2.28. The first-order chi connectivity index (χ1) is 26.3. The summed E-state index contributed by atoms with van der Waals surface area (Å²) in [5, 5.41) is 13.2. The number of ether oxygens (including phenoxy) is 1. The second kappa shape index (κ2) is 18.2. The topological polar surface area (TPSA) is 140 Å². The summed E-state index contributed by atoms with van der Waals surface area (Å²) in [6.07, 6.45) is 13.4. The summed E-state index contributed by atoms with van der Waals surface area (Å²) in [4.78, 5) is 53.9. The van der Waals surface area contributed by atoms with Gasteiger partial charge in [-0.3, -0.25) is 19.4 Å². The number of piperidine rings is 1. The maximum atomic E-state index is 13.3. The quantitative estimate of drug-likeness (QED) is 0.127. The minimum Gasteiger partial charge on any atom is -0.478 e. The molecule has 2 aliphatic rings. The van der Waals surface area contributed by atoms with E-state index in [4.69, 9.17) is 16.3 Å². The molecule has 2 aliphatic heterocycles. The largest absolute Gasteiger partial charge is 0.478 e. The Morgan fingerprint density at radius 2 is 1.91 bits per heavy atom. The van der Waals surface area contributed by atoms with Crippen molar-refractivity contribution < 1.29 is 19.1 Å². The van der Waals surface area contributed by atoms with Crippen LogP contribution in [0.3, 0.4) is 0 Å². The molecule has 54 heavy (non-hydrogen) atoms. The molecule has 6 rings (SSSR count). The molecule has 3 aromatic heterocycles. The summed E-state index contributed by atoms with van der Waals surface area (Å²) in [6.45, 7) is 7.86. The number of aromatic nitrogens is 3. The van der Waals surface area contributed by atoms with E-state index in [-0.39, 0.29) is 24.3 Å². The van der Waals surface area contributed by atoms with Crippen LogP contribution in [0.2, 0.25) is 5.02 Å². The molecule has 1 aromatic carbocycles. The van der Waals surface area contributed by atoms with Crippen LogP contribution in [0.25, 0.3) is 10.9 Å². The summed E-state index contributed by atoms with van der Waals surface area (Å²) in [5.41, 5.74) is 3.66. The third-order valence-electron chi connectivity index (χ3n) is 10.5. The van der Waals surface area contributed by atoms with Crippen LogP contribution in [0.4, 0.5) is 11.4 Å². The number of anilines is 2. The van der Waals surface area contributed by atoms with Crippen LogP contribution < -0.4 is 19.9 Å². The third kappa shape index (κ3) is 9.12. The van der Waals surface area contributed by atoms with Crippen molar-refractivity contribution in [2.45, 2.75) is 57.5 Å². The highest BCUT2D eigenvalue weighted by molar-refractivity contribution is 6.32. The number of nitrogens with zero attached hydrogens (tertiary/aromatic N) is 8. The number of fused-ring (bicyclic) bond motifs is 1. The molecule has 5 heterocycles. The van der Waals surface area contributed by atoms with Crippen LogP contribution in [-0.4, -0.2) is 108 Å². The van der Waals surface area contributed by atoms with Gasteiger partial charge in [-0.1, -0.05) is 11.6 Å². The summed E-state index contributed by atoms with van der Waals surface area (Å²) >= 11 is 6.26. The molecule has 0 radical (unpaired) electrons. The van der Waals surface area contributed by atoms with E-state index in [1.165, 1.54) is 0 Å². The fourth-order valence-electron chi connectivity index (χ4n) is 7.47. The lowest BCUT2D eigenvalue weighted by Crippen LogP contribution is -2.53. The van der Waals surface area contributed by atoms with Crippen LogP contribution in [0.5, 0.6) is 5.88 Å². The molecular formula is C40H48ClN9O4. The zero-order valence-electron chi connectivity index (χ0n) is 31.0. The average Bonchev–Trinajstić information content (AvgIpc) is 3.64. The first-order valence-electron chi connectivity index (χ1n) is 18.7. The smallest absolute Gasteiger partial charge is 0.255 e. The third-order valence-corrected chi connectivity index (χ3v) is 10.9. The number of likely N-dealkylation sites (tertiary alicyclic amines) is 1. The second-order valence-corrected chi connectivity index (χ2v) is 14.4. The Labute approximate surface area is 321 Å². The zero-order chi connectivity index (χ0) is 38.0. The van der Waals surface area contributed by atoms with Gasteiger partial charge >= 0.3 is 0 Å². The first kappa shape index (κ1) is 38.5. The van der Waals surface area contributed by atoms with Crippen molar-refractivity contribution in [3.05, 3.63) is 77.3 Å². The lowest BCUT2D eigenvalue weighted by Gasteiger charge is -2.41. The molecule has 1 atom stereocenters. The number of carbonyl (C=O) groups is 3. The molecule has 0 spiro atoms. The molecule has 14 heteroatoms. The number of nitrogens with one attached hydrogen (secondary N) is 1. The van der Waals surface area contributed by atoms with Crippen molar-refractivity contribution in [2.24, 2.45) is 0 Å². The number of carbonyl (C=O) groups excluding carboxylic acids is 3. The van der Waals surface area contributed by atoms with Gasteiger partial charge in [0, 0.05) is 94.4 Å². The van der Waals surface area contributed by atoms with Gasteiger partial charge in [-0.25, -0.2) is 4.98 Å². The van der Waals surface area contributed by atoms with Crippen LogP contribution in [-0.2, 0) is 9.59 Å². The minimum absolute atomic E-state index is 0.0489. The normalized spacial score (nSPS) is 16.6. The summed E-state index contributed by atoms with van der Waals surface area (Å²) in [7, 11) is 1.59.